The smallest absolute Gasteiger partial charge is 0.262 e. The lowest BCUT2D eigenvalue weighted by atomic mass is 10.2. The van der Waals surface area contributed by atoms with Gasteiger partial charge < -0.3 is 10.5 Å². The molecular formula is C12H18N2O4S. The van der Waals surface area contributed by atoms with Crippen LogP contribution in [0.15, 0.2) is 29.2 Å². The van der Waals surface area contributed by atoms with Crippen molar-refractivity contribution in [2.45, 2.75) is 37.5 Å². The largest absolute Gasteiger partial charge is 0.326 e. The molecule has 0 heterocycles. The van der Waals surface area contributed by atoms with E-state index in [1.807, 2.05) is 0 Å². The van der Waals surface area contributed by atoms with E-state index in [1.54, 1.807) is 0 Å². The highest BCUT2D eigenvalue weighted by Gasteiger charge is 2.12. The Morgan fingerprint density at radius 2 is 1.84 bits per heavy atom. The Morgan fingerprint density at radius 1 is 1.21 bits per heavy atom. The van der Waals surface area contributed by atoms with Gasteiger partial charge in [-0.2, -0.15) is 0 Å². The van der Waals surface area contributed by atoms with Crippen LogP contribution in [0.3, 0.4) is 0 Å². The van der Waals surface area contributed by atoms with Crippen LogP contribution in [0.1, 0.15) is 32.6 Å². The lowest BCUT2D eigenvalue weighted by molar-refractivity contribution is -0.116. The molecule has 1 rings (SSSR count). The van der Waals surface area contributed by atoms with Crippen molar-refractivity contribution in [1.82, 2.24) is 4.89 Å². The Kier molecular flexibility index (Phi) is 5.94. The van der Waals surface area contributed by atoms with E-state index in [2.05, 4.69) is 12.2 Å². The number of hydrogen-bond donors (Lipinski definition) is 3. The van der Waals surface area contributed by atoms with Gasteiger partial charge in [0.25, 0.3) is 10.0 Å². The quantitative estimate of drug-likeness (QED) is 0.526. The van der Waals surface area contributed by atoms with Gasteiger partial charge in [0, 0.05) is 12.1 Å². The molecule has 0 aliphatic carbocycles. The highest BCUT2D eigenvalue weighted by molar-refractivity contribution is 7.89. The maximum atomic E-state index is 11.5. The van der Waals surface area contributed by atoms with Crippen LogP contribution in [0, 0.1) is 0 Å². The Hall–Kier alpha value is -1.44. The summed E-state index contributed by atoms with van der Waals surface area (Å²) in [6.07, 6.45) is 3.34. The standard InChI is InChI=1S/C12H18N2O4S/c1-2-3-4-5-12(15)13-10-6-8-11(9-7-10)19(17,18)14-16/h6-9,14,16H,2-5H2,1H3,(H,13,15). The first kappa shape index (κ1) is 15.6. The number of nitrogens with one attached hydrogen (secondary N) is 2. The molecule has 0 spiro atoms. The third kappa shape index (κ3) is 4.98. The highest BCUT2D eigenvalue weighted by Crippen LogP contribution is 2.14. The van der Waals surface area contributed by atoms with Crippen LogP contribution in [-0.2, 0) is 14.8 Å². The van der Waals surface area contributed by atoms with Crippen molar-refractivity contribution in [2.75, 3.05) is 5.32 Å². The number of anilines is 1. The van der Waals surface area contributed by atoms with Gasteiger partial charge in [0.05, 0.1) is 4.90 Å². The van der Waals surface area contributed by atoms with E-state index in [4.69, 9.17) is 5.21 Å². The first-order valence-electron chi connectivity index (χ1n) is 6.05. The Balaban J connectivity index is 2.60. The summed E-state index contributed by atoms with van der Waals surface area (Å²) >= 11 is 0. The summed E-state index contributed by atoms with van der Waals surface area (Å²) in [6.45, 7) is 2.06. The predicted molar refractivity (Wildman–Crippen MR) is 71.3 cm³/mol. The number of amides is 1. The molecule has 7 heteroatoms. The summed E-state index contributed by atoms with van der Waals surface area (Å²) < 4.78 is 22.5. The first-order chi connectivity index (χ1) is 8.99. The molecule has 0 aromatic heterocycles. The van der Waals surface area contributed by atoms with Crippen LogP contribution in [0.2, 0.25) is 0 Å². The van der Waals surface area contributed by atoms with Crippen molar-refractivity contribution in [3.05, 3.63) is 24.3 Å². The summed E-state index contributed by atoms with van der Waals surface area (Å²) in [5, 5.41) is 11.2. The molecule has 0 aliphatic rings. The van der Waals surface area contributed by atoms with Crippen LogP contribution in [0.25, 0.3) is 0 Å². The molecule has 0 radical (unpaired) electrons. The summed E-state index contributed by atoms with van der Waals surface area (Å²) in [7, 11) is -3.87. The fourth-order valence-electron chi connectivity index (χ4n) is 1.53. The number of benzene rings is 1. The zero-order valence-corrected chi connectivity index (χ0v) is 11.5. The second-order valence-electron chi connectivity index (χ2n) is 4.12. The molecule has 0 bridgehead atoms. The number of sulfonamides is 1. The average molecular weight is 286 g/mol. The number of rotatable bonds is 7. The van der Waals surface area contributed by atoms with Crippen molar-refractivity contribution in [3.8, 4) is 0 Å². The van der Waals surface area contributed by atoms with E-state index in [9.17, 15) is 13.2 Å². The van der Waals surface area contributed by atoms with E-state index < -0.39 is 10.0 Å². The van der Waals surface area contributed by atoms with E-state index >= 15 is 0 Å². The topological polar surface area (TPSA) is 95.5 Å². The zero-order valence-electron chi connectivity index (χ0n) is 10.7. The van der Waals surface area contributed by atoms with Gasteiger partial charge in [-0.3, -0.25) is 4.79 Å². The molecule has 1 aromatic carbocycles. The van der Waals surface area contributed by atoms with Gasteiger partial charge in [-0.25, -0.2) is 8.42 Å². The van der Waals surface area contributed by atoms with Crippen LogP contribution < -0.4 is 10.2 Å². The maximum Gasteiger partial charge on any atom is 0.262 e. The fraction of sp³-hybridized carbons (Fsp3) is 0.417. The molecule has 0 atom stereocenters. The molecule has 1 amide bonds. The summed E-state index contributed by atoms with van der Waals surface area (Å²) in [5.41, 5.74) is 0.526. The molecule has 0 aliphatic heterocycles. The second-order valence-corrected chi connectivity index (χ2v) is 5.79. The predicted octanol–water partition coefficient (Wildman–Crippen LogP) is 1.87. The number of unbranched alkanes of at least 4 members (excludes halogenated alkanes) is 2. The van der Waals surface area contributed by atoms with Gasteiger partial charge in [-0.15, -0.1) is 0 Å². The Bertz CT molecular complexity index is 511. The van der Waals surface area contributed by atoms with E-state index in [1.165, 1.54) is 29.2 Å². The van der Waals surface area contributed by atoms with Crippen LogP contribution >= 0.6 is 0 Å². The minimum absolute atomic E-state index is 0.0704. The van der Waals surface area contributed by atoms with Crippen LogP contribution in [0.5, 0.6) is 0 Å². The average Bonchev–Trinajstić information content (AvgIpc) is 2.39. The van der Waals surface area contributed by atoms with Gasteiger partial charge in [-0.05, 0) is 30.7 Å². The van der Waals surface area contributed by atoms with E-state index in [-0.39, 0.29) is 10.8 Å². The lowest BCUT2D eigenvalue weighted by Gasteiger charge is -2.06. The monoisotopic (exact) mass is 286 g/mol. The van der Waals surface area contributed by atoms with Crippen molar-refractivity contribution >= 4 is 21.6 Å². The molecule has 1 aromatic rings. The van der Waals surface area contributed by atoms with Crippen molar-refractivity contribution in [2.24, 2.45) is 0 Å². The Morgan fingerprint density at radius 3 is 2.37 bits per heavy atom. The first-order valence-corrected chi connectivity index (χ1v) is 7.53. The van der Waals surface area contributed by atoms with Crippen molar-refractivity contribution in [1.29, 1.82) is 0 Å². The summed E-state index contributed by atoms with van der Waals surface area (Å²) in [4.78, 5) is 12.7. The van der Waals surface area contributed by atoms with Gasteiger partial charge in [0.15, 0.2) is 0 Å². The molecule has 106 valence electrons. The van der Waals surface area contributed by atoms with Crippen LogP contribution in [0.4, 0.5) is 5.69 Å². The van der Waals surface area contributed by atoms with Crippen molar-refractivity contribution in [3.63, 3.8) is 0 Å². The molecule has 6 nitrogen and oxygen atoms in total. The second kappa shape index (κ2) is 7.22. The molecule has 0 saturated carbocycles. The summed E-state index contributed by atoms with van der Waals surface area (Å²) in [5.74, 6) is -0.0932. The van der Waals surface area contributed by atoms with Gasteiger partial charge >= 0.3 is 0 Å². The highest BCUT2D eigenvalue weighted by atomic mass is 32.2. The van der Waals surface area contributed by atoms with Gasteiger partial charge in [-0.1, -0.05) is 24.7 Å². The molecule has 0 fully saturated rings. The van der Waals surface area contributed by atoms with Gasteiger partial charge in [0.2, 0.25) is 5.91 Å². The fourth-order valence-corrected chi connectivity index (χ4v) is 2.13. The van der Waals surface area contributed by atoms with Gasteiger partial charge in [0.1, 0.15) is 0 Å². The molecule has 3 N–H and O–H groups in total. The molecule has 0 saturated heterocycles. The maximum absolute atomic E-state index is 11.5. The molecule has 0 unspecified atom stereocenters. The normalized spacial score (nSPS) is 11.3. The minimum Gasteiger partial charge on any atom is -0.326 e. The van der Waals surface area contributed by atoms with Crippen molar-refractivity contribution < 1.29 is 18.4 Å². The molecular weight excluding hydrogens is 268 g/mol. The van der Waals surface area contributed by atoms with Crippen LogP contribution in [-0.4, -0.2) is 19.5 Å². The number of hydrogen-bond acceptors (Lipinski definition) is 4. The van der Waals surface area contributed by atoms with E-state index in [0.717, 1.165) is 19.3 Å². The third-order valence-electron chi connectivity index (χ3n) is 2.58. The third-order valence-corrected chi connectivity index (χ3v) is 3.71. The summed E-state index contributed by atoms with van der Waals surface area (Å²) in [6, 6.07) is 5.56. The minimum atomic E-state index is -3.87. The zero-order chi connectivity index (χ0) is 14.3. The van der Waals surface area contributed by atoms with E-state index in [0.29, 0.717) is 12.1 Å². The number of carbonyl (C=O) groups is 1. The molecule has 19 heavy (non-hydrogen) atoms. The lowest BCUT2D eigenvalue weighted by Crippen LogP contribution is -2.19. The Labute approximate surface area is 112 Å². The SMILES string of the molecule is CCCCCC(=O)Nc1ccc(S(=O)(=O)NO)cc1. The number of carbonyl (C=O) groups excluding carboxylic acids is 1.